The molecule has 1 aliphatic heterocycles. The summed E-state index contributed by atoms with van der Waals surface area (Å²) in [5.41, 5.74) is 1.74. The van der Waals surface area contributed by atoms with Gasteiger partial charge in [0.2, 0.25) is 0 Å². The number of benzene rings is 2. The van der Waals surface area contributed by atoms with Crippen molar-refractivity contribution in [1.82, 2.24) is 10.2 Å². The van der Waals surface area contributed by atoms with Crippen LogP contribution in [0.25, 0.3) is 6.08 Å². The molecular formula is C20H18BrN3O4S. The minimum atomic E-state index is -0.443. The number of halogens is 1. The zero-order chi connectivity index (χ0) is 21.0. The van der Waals surface area contributed by atoms with Gasteiger partial charge in [-0.2, -0.15) is 0 Å². The summed E-state index contributed by atoms with van der Waals surface area (Å²) in [5.74, 6) is 0.364. The molecule has 2 aromatic carbocycles. The Bertz CT molecular complexity index is 1010. The smallest absolute Gasteiger partial charge is 0.276 e. The van der Waals surface area contributed by atoms with E-state index < -0.39 is 4.92 Å². The van der Waals surface area contributed by atoms with Crippen molar-refractivity contribution in [2.75, 3.05) is 6.54 Å². The van der Waals surface area contributed by atoms with E-state index >= 15 is 0 Å². The highest BCUT2D eigenvalue weighted by Crippen LogP contribution is 2.27. The molecule has 9 heteroatoms. The van der Waals surface area contributed by atoms with Crippen LogP contribution in [-0.2, 0) is 11.4 Å². The summed E-state index contributed by atoms with van der Waals surface area (Å²) >= 11 is 8.67. The van der Waals surface area contributed by atoms with Crippen molar-refractivity contribution in [2.24, 2.45) is 0 Å². The van der Waals surface area contributed by atoms with Crippen molar-refractivity contribution >= 4 is 50.9 Å². The highest BCUT2D eigenvalue weighted by molar-refractivity contribution is 9.10. The maximum atomic E-state index is 12.6. The number of carbonyl (C=O) groups excluding carboxylic acids is 1. The lowest BCUT2D eigenvalue weighted by atomic mass is 10.1. The van der Waals surface area contributed by atoms with E-state index in [0.29, 0.717) is 34.2 Å². The molecule has 0 atom stereocenters. The molecule has 0 spiro atoms. The standard InChI is InChI=1S/C20H18BrN3O4S/c1-2-8-23-19(25)17(22-20(23)29)11-14-10-15(21)6-7-18(14)28-12-13-4-3-5-16(9-13)24(26)27/h3-7,9-11H,2,8,12H2,1H3,(H,22,29)/b17-11-. The summed E-state index contributed by atoms with van der Waals surface area (Å²) in [6.07, 6.45) is 2.49. The van der Waals surface area contributed by atoms with Gasteiger partial charge in [0.25, 0.3) is 11.6 Å². The lowest BCUT2D eigenvalue weighted by molar-refractivity contribution is -0.384. The third-order valence-electron chi connectivity index (χ3n) is 4.20. The van der Waals surface area contributed by atoms with Crippen LogP contribution in [0.2, 0.25) is 0 Å². The molecule has 0 radical (unpaired) electrons. The zero-order valence-electron chi connectivity index (χ0n) is 15.6. The Morgan fingerprint density at radius 3 is 2.83 bits per heavy atom. The Labute approximate surface area is 181 Å². The van der Waals surface area contributed by atoms with E-state index in [1.807, 2.05) is 19.1 Å². The fourth-order valence-corrected chi connectivity index (χ4v) is 3.50. The predicted molar refractivity (Wildman–Crippen MR) is 117 cm³/mol. The van der Waals surface area contributed by atoms with Crippen LogP contribution >= 0.6 is 28.1 Å². The molecule has 0 aliphatic carbocycles. The van der Waals surface area contributed by atoms with Gasteiger partial charge in [-0.05, 0) is 48.5 Å². The second-order valence-electron chi connectivity index (χ2n) is 6.34. The van der Waals surface area contributed by atoms with Gasteiger partial charge in [-0.15, -0.1) is 0 Å². The number of thiocarbonyl (C=S) groups is 1. The molecular weight excluding hydrogens is 458 g/mol. The van der Waals surface area contributed by atoms with Crippen LogP contribution in [0.5, 0.6) is 5.75 Å². The van der Waals surface area contributed by atoms with Crippen molar-refractivity contribution in [1.29, 1.82) is 0 Å². The maximum Gasteiger partial charge on any atom is 0.276 e. The van der Waals surface area contributed by atoms with E-state index in [-0.39, 0.29) is 18.2 Å². The summed E-state index contributed by atoms with van der Waals surface area (Å²) < 4.78 is 6.71. The van der Waals surface area contributed by atoms with E-state index in [9.17, 15) is 14.9 Å². The second kappa shape index (κ2) is 9.15. The molecule has 0 aromatic heterocycles. The number of nitro benzene ring substituents is 1. The van der Waals surface area contributed by atoms with Crippen molar-refractivity contribution in [3.8, 4) is 5.75 Å². The molecule has 2 aromatic rings. The molecule has 3 rings (SSSR count). The SMILES string of the molecule is CCCN1C(=O)/C(=C/c2cc(Br)ccc2OCc2cccc([N+](=O)[O-])c2)NC1=S. The fourth-order valence-electron chi connectivity index (χ4n) is 2.84. The van der Waals surface area contributed by atoms with E-state index in [0.717, 1.165) is 10.9 Å². The quantitative estimate of drug-likeness (QED) is 0.276. The number of nitrogens with zero attached hydrogens (tertiary/aromatic N) is 2. The Morgan fingerprint density at radius 1 is 1.31 bits per heavy atom. The summed E-state index contributed by atoms with van der Waals surface area (Å²) in [6, 6.07) is 11.7. The first-order valence-corrected chi connectivity index (χ1v) is 10.1. The average Bonchev–Trinajstić information content (AvgIpc) is 2.95. The first kappa shape index (κ1) is 20.9. The zero-order valence-corrected chi connectivity index (χ0v) is 18.0. The van der Waals surface area contributed by atoms with Crippen molar-refractivity contribution in [2.45, 2.75) is 20.0 Å². The Kier molecular flexibility index (Phi) is 6.60. The molecule has 1 N–H and O–H groups in total. The molecule has 1 amide bonds. The van der Waals surface area contributed by atoms with E-state index in [4.69, 9.17) is 17.0 Å². The van der Waals surface area contributed by atoms with Crippen LogP contribution in [-0.4, -0.2) is 27.4 Å². The molecule has 1 heterocycles. The summed E-state index contributed by atoms with van der Waals surface area (Å²) in [4.78, 5) is 24.6. The number of nitro groups is 1. The molecule has 0 saturated carbocycles. The largest absolute Gasteiger partial charge is 0.488 e. The molecule has 0 unspecified atom stereocenters. The van der Waals surface area contributed by atoms with Gasteiger partial charge in [0.1, 0.15) is 18.1 Å². The number of rotatable bonds is 7. The molecule has 1 aliphatic rings. The van der Waals surface area contributed by atoms with Gasteiger partial charge in [-0.25, -0.2) is 0 Å². The summed E-state index contributed by atoms with van der Waals surface area (Å²) in [7, 11) is 0. The normalized spacial score (nSPS) is 15.0. The number of hydrogen-bond donors (Lipinski definition) is 1. The van der Waals surface area contributed by atoms with E-state index in [2.05, 4.69) is 21.2 Å². The van der Waals surface area contributed by atoms with Gasteiger partial charge in [0.15, 0.2) is 5.11 Å². The third kappa shape index (κ3) is 4.99. The Hall–Kier alpha value is -2.78. The van der Waals surface area contributed by atoms with Crippen LogP contribution in [0.4, 0.5) is 5.69 Å². The minimum absolute atomic E-state index is 0.00882. The third-order valence-corrected chi connectivity index (χ3v) is 5.01. The minimum Gasteiger partial charge on any atom is -0.488 e. The predicted octanol–water partition coefficient (Wildman–Crippen LogP) is 4.40. The maximum absolute atomic E-state index is 12.6. The van der Waals surface area contributed by atoms with Crippen molar-refractivity contribution in [3.05, 3.63) is 73.9 Å². The molecule has 0 bridgehead atoms. The summed E-state index contributed by atoms with van der Waals surface area (Å²) in [5, 5.41) is 14.3. The van der Waals surface area contributed by atoms with Crippen LogP contribution in [0.15, 0.2) is 52.6 Å². The van der Waals surface area contributed by atoms with E-state index in [1.165, 1.54) is 17.0 Å². The average molecular weight is 476 g/mol. The molecule has 29 heavy (non-hydrogen) atoms. The highest BCUT2D eigenvalue weighted by atomic mass is 79.9. The van der Waals surface area contributed by atoms with Crippen LogP contribution in [0.1, 0.15) is 24.5 Å². The Balaban J connectivity index is 1.83. The number of amides is 1. The first-order chi connectivity index (χ1) is 13.9. The van der Waals surface area contributed by atoms with Gasteiger partial charge in [-0.1, -0.05) is 35.0 Å². The van der Waals surface area contributed by atoms with Crippen LogP contribution in [0.3, 0.4) is 0 Å². The molecule has 7 nitrogen and oxygen atoms in total. The molecule has 1 fully saturated rings. The summed E-state index contributed by atoms with van der Waals surface area (Å²) in [6.45, 7) is 2.68. The number of carbonyl (C=O) groups is 1. The lowest BCUT2D eigenvalue weighted by Crippen LogP contribution is -2.31. The first-order valence-electron chi connectivity index (χ1n) is 8.89. The number of ether oxygens (including phenoxy) is 1. The van der Waals surface area contributed by atoms with Crippen LogP contribution < -0.4 is 10.1 Å². The van der Waals surface area contributed by atoms with Gasteiger partial charge < -0.3 is 10.1 Å². The monoisotopic (exact) mass is 475 g/mol. The number of hydrogen-bond acceptors (Lipinski definition) is 5. The van der Waals surface area contributed by atoms with Gasteiger partial charge in [-0.3, -0.25) is 19.8 Å². The van der Waals surface area contributed by atoms with Crippen molar-refractivity contribution < 1.29 is 14.5 Å². The van der Waals surface area contributed by atoms with Crippen LogP contribution in [0, 0.1) is 10.1 Å². The van der Waals surface area contributed by atoms with Gasteiger partial charge >= 0.3 is 0 Å². The van der Waals surface area contributed by atoms with Crippen molar-refractivity contribution in [3.63, 3.8) is 0 Å². The Morgan fingerprint density at radius 2 is 2.10 bits per heavy atom. The van der Waals surface area contributed by atoms with E-state index in [1.54, 1.807) is 24.3 Å². The fraction of sp³-hybridized carbons (Fsp3) is 0.200. The molecule has 150 valence electrons. The number of non-ortho nitro benzene ring substituents is 1. The van der Waals surface area contributed by atoms with Gasteiger partial charge in [0.05, 0.1) is 4.92 Å². The van der Waals surface area contributed by atoms with Gasteiger partial charge in [0, 0.05) is 28.7 Å². The topological polar surface area (TPSA) is 84.7 Å². The highest BCUT2D eigenvalue weighted by Gasteiger charge is 2.29. The second-order valence-corrected chi connectivity index (χ2v) is 7.65. The number of nitrogens with one attached hydrogen (secondary N) is 1. The molecule has 1 saturated heterocycles. The lowest BCUT2D eigenvalue weighted by Gasteiger charge is -2.11.